The lowest BCUT2D eigenvalue weighted by Gasteiger charge is -2.41. The SMILES string of the molecule is CC[C@H](C)[C@@H]([C@@H](CC(=O)N1CCC[C@H]1[C@H](OC)[C@@H](C)C(=O)C[C@H](C)[C@@H](O)c1ccccc1)OC)N(C)C(=O)[C@@H](NC(=O)[C@H](C(C)C)N(C)C(=O)OCc1ccc(NC(=O)[C@H](C)NC(=O)[C@@H](NC(=O)CCSSC(C)(C)CC(=O)CN=C2CCc3cc(OCCCC(=O)ON4C(=O)CCC4=O)ccc32)C(C)C)cc1)C(C)C. The molecule has 2 fully saturated rings. The van der Waals surface area contributed by atoms with Gasteiger partial charge in [-0.2, -0.15) is 0 Å². The smallest absolute Gasteiger partial charge is 0.410 e. The maximum atomic E-state index is 14.8. The Kier molecular flexibility index (Phi) is 36.1. The molecule has 0 spiro atoms. The normalized spacial score (nSPS) is 17.7. The Bertz CT molecular complexity index is 3710. The van der Waals surface area contributed by atoms with Gasteiger partial charge in [-0.1, -0.05) is 140 Å². The van der Waals surface area contributed by atoms with Crippen molar-refractivity contribution in [3.05, 3.63) is 95.1 Å². The molecule has 0 saturated carbocycles. The van der Waals surface area contributed by atoms with E-state index in [0.29, 0.717) is 66.5 Å². The van der Waals surface area contributed by atoms with Gasteiger partial charge in [0, 0.05) is 94.8 Å². The summed E-state index contributed by atoms with van der Waals surface area (Å²) in [5.41, 5.74) is 4.50. The molecule has 0 aromatic heterocycles. The second-order valence-corrected chi connectivity index (χ2v) is 34.2. The number of likely N-dealkylation sites (N-methyl/N-ethyl adjacent to an activating group) is 2. The molecule has 12 atom stereocenters. The lowest BCUT2D eigenvalue weighted by Crippen LogP contribution is -2.60. The molecule has 2 saturated heterocycles. The van der Waals surface area contributed by atoms with Crippen LogP contribution in [-0.2, 0) is 84.8 Å². The summed E-state index contributed by atoms with van der Waals surface area (Å²) in [7, 11) is 9.09. The van der Waals surface area contributed by atoms with Gasteiger partial charge < -0.3 is 60.0 Å². The molecule has 2 heterocycles. The molecule has 27 nitrogen and oxygen atoms in total. The van der Waals surface area contributed by atoms with Crippen molar-refractivity contribution in [1.29, 1.82) is 0 Å². The molecule has 6 rings (SSSR count). The first kappa shape index (κ1) is 91.6. The number of rotatable bonds is 44. The first-order valence-corrected chi connectivity index (χ1v) is 41.1. The van der Waals surface area contributed by atoms with Crippen LogP contribution in [0, 0.1) is 35.5 Å². The first-order chi connectivity index (χ1) is 52.5. The minimum atomic E-state index is -1.07. The number of methoxy groups -OCH3 is 2. The molecule has 9 amide bonds. The number of amides is 9. The van der Waals surface area contributed by atoms with Crippen LogP contribution >= 0.6 is 21.6 Å². The van der Waals surface area contributed by atoms with Crippen LogP contribution in [0.15, 0.2) is 77.8 Å². The number of hydroxylamine groups is 2. The summed E-state index contributed by atoms with van der Waals surface area (Å²) in [5.74, 6) is -5.71. The molecule has 0 radical (unpaired) electrons. The van der Waals surface area contributed by atoms with E-state index in [-0.39, 0.29) is 106 Å². The van der Waals surface area contributed by atoms with Gasteiger partial charge >= 0.3 is 12.1 Å². The lowest BCUT2D eigenvalue weighted by atomic mass is 9.85. The van der Waals surface area contributed by atoms with E-state index in [1.807, 2.05) is 104 Å². The standard InChI is InChI=1S/C82H119N9O18S2/c1-18-51(8)74(65(105-16)44-69(97)90-39-22-26-63(90)76(106-17)53(10)64(93)42-52(9)75(99)56-24-20-19-21-25-56)88(14)80(103)72(49(4)5)87-79(102)73(50(6)7)89(15)81(104)108-47-55-28-31-58(32-29-55)85-77(100)54(11)84-78(101)71(48(2)3)86-66(94)38-41-110-111-82(12,13)45-59(92)46-83-62-35-30-57-43-60(33-34-61(57)62)107-40-23-27-70(98)109-91-67(95)36-37-68(91)96/h19-21,24-25,28-29,31-34,43,48-54,63,65,71-76,99H,18,22-23,26-27,30,35-42,44-47H2,1-17H3,(H,84,101)(H,85,100)(H,86,94)(H,87,102)/t51-,52-,53-,54-,63-,65+,71-,72-,73-,74-,75+,76+/m0/s1. The van der Waals surface area contributed by atoms with Crippen molar-refractivity contribution < 1.29 is 86.4 Å². The number of ether oxygens (including phenoxy) is 4. The van der Waals surface area contributed by atoms with Gasteiger partial charge in [0.15, 0.2) is 5.78 Å². The average Bonchev–Trinajstić information content (AvgIpc) is 1.80. The molecule has 0 bridgehead atoms. The number of ketones is 2. The third-order valence-electron chi connectivity index (χ3n) is 20.8. The maximum absolute atomic E-state index is 14.8. The van der Waals surface area contributed by atoms with Crippen LogP contribution in [0.3, 0.4) is 0 Å². The maximum Gasteiger partial charge on any atom is 0.410 e. The number of anilines is 1. The number of fused-ring (bicyclic) bond motifs is 1. The van der Waals surface area contributed by atoms with Crippen LogP contribution < -0.4 is 26.0 Å². The van der Waals surface area contributed by atoms with Crippen LogP contribution in [0.25, 0.3) is 0 Å². The number of nitrogens with one attached hydrogen (secondary N) is 4. The van der Waals surface area contributed by atoms with E-state index in [4.69, 9.17) is 23.8 Å². The van der Waals surface area contributed by atoms with E-state index < -0.39 is 125 Å². The second-order valence-electron chi connectivity index (χ2n) is 31.1. The van der Waals surface area contributed by atoms with Crippen LogP contribution in [0.5, 0.6) is 5.75 Å². The minimum Gasteiger partial charge on any atom is -0.494 e. The van der Waals surface area contributed by atoms with Gasteiger partial charge in [0.25, 0.3) is 11.8 Å². The summed E-state index contributed by atoms with van der Waals surface area (Å²) >= 11 is 0. The van der Waals surface area contributed by atoms with Crippen molar-refractivity contribution >= 4 is 104 Å². The van der Waals surface area contributed by atoms with Crippen molar-refractivity contribution in [3.8, 4) is 5.75 Å². The molecule has 29 heteroatoms. The summed E-state index contributed by atoms with van der Waals surface area (Å²) in [6.45, 7) is 24.3. The van der Waals surface area contributed by atoms with E-state index in [9.17, 15) is 62.6 Å². The molecule has 3 aromatic carbocycles. The molecular formula is C82H119N9O18S2. The quantitative estimate of drug-likeness (QED) is 0.0200. The highest BCUT2D eigenvalue weighted by molar-refractivity contribution is 8.77. The van der Waals surface area contributed by atoms with Crippen molar-refractivity contribution in [2.24, 2.45) is 40.5 Å². The average molecular weight is 1580 g/mol. The highest BCUT2D eigenvalue weighted by Gasteiger charge is 2.45. The predicted octanol–water partition coefficient (Wildman–Crippen LogP) is 9.96. The molecule has 111 heavy (non-hydrogen) atoms. The number of carbonyl (C=O) groups is 12. The summed E-state index contributed by atoms with van der Waals surface area (Å²) in [4.78, 5) is 174. The van der Waals surface area contributed by atoms with E-state index in [0.717, 1.165) is 28.8 Å². The Morgan fingerprint density at radius 1 is 0.730 bits per heavy atom. The number of aliphatic hydroxyl groups is 1. The van der Waals surface area contributed by atoms with Crippen molar-refractivity contribution in [3.63, 3.8) is 0 Å². The number of aryl methyl sites for hydroxylation is 1. The Hall–Kier alpha value is -8.25. The monoisotopic (exact) mass is 1580 g/mol. The third kappa shape index (κ3) is 26.7. The molecule has 0 unspecified atom stereocenters. The Balaban J connectivity index is 0.915. The molecule has 612 valence electrons. The number of carbonyl (C=O) groups excluding carboxylic acids is 12. The van der Waals surface area contributed by atoms with Gasteiger partial charge in [-0.05, 0) is 135 Å². The number of benzene rings is 3. The van der Waals surface area contributed by atoms with E-state index >= 15 is 0 Å². The van der Waals surface area contributed by atoms with E-state index in [1.54, 1.807) is 75.9 Å². The fourth-order valence-corrected chi connectivity index (χ4v) is 16.8. The lowest BCUT2D eigenvalue weighted by molar-refractivity contribution is -0.197. The van der Waals surface area contributed by atoms with Crippen LogP contribution in [0.1, 0.15) is 195 Å². The Morgan fingerprint density at radius 3 is 2.02 bits per heavy atom. The first-order valence-electron chi connectivity index (χ1n) is 38.8. The van der Waals surface area contributed by atoms with Crippen molar-refractivity contribution in [1.82, 2.24) is 35.7 Å². The number of hydrogen-bond donors (Lipinski definition) is 5. The minimum absolute atomic E-state index is 0.0197. The second kappa shape index (κ2) is 43.7. The number of aliphatic hydroxyl groups excluding tert-OH is 1. The van der Waals surface area contributed by atoms with Gasteiger partial charge in [0.1, 0.15) is 42.3 Å². The zero-order valence-electron chi connectivity index (χ0n) is 67.8. The van der Waals surface area contributed by atoms with Crippen LogP contribution in [0.2, 0.25) is 0 Å². The molecule has 1 aliphatic carbocycles. The van der Waals surface area contributed by atoms with Gasteiger partial charge in [0.05, 0.1) is 56.4 Å². The number of hydrogen-bond acceptors (Lipinski definition) is 21. The number of likely N-dealkylation sites (tertiary alicyclic amines) is 1. The fourth-order valence-electron chi connectivity index (χ4n) is 14.3. The van der Waals surface area contributed by atoms with Crippen molar-refractivity contribution in [2.75, 3.05) is 59.1 Å². The highest BCUT2D eigenvalue weighted by atomic mass is 33.1. The summed E-state index contributed by atoms with van der Waals surface area (Å²) in [6.07, 6.45) is 1.09. The molecule has 3 aliphatic rings. The van der Waals surface area contributed by atoms with Crippen LogP contribution in [-0.4, -0.2) is 208 Å². The zero-order valence-corrected chi connectivity index (χ0v) is 69.4. The number of Topliss-reactive ketones (excluding diaryl/α,β-unsaturated/α-hetero) is 2. The van der Waals surface area contributed by atoms with Gasteiger partial charge in [-0.25, -0.2) is 9.59 Å². The molecule has 3 aromatic rings. The molecule has 2 aliphatic heterocycles. The summed E-state index contributed by atoms with van der Waals surface area (Å²) in [5, 5.41) is 22.8. The number of nitrogens with zero attached hydrogens (tertiary/aromatic N) is 5. The topological polar surface area (TPSA) is 345 Å². The van der Waals surface area contributed by atoms with Crippen LogP contribution in [0.4, 0.5) is 10.5 Å². The van der Waals surface area contributed by atoms with Gasteiger partial charge in [-0.15, -0.1) is 5.06 Å². The third-order valence-corrected chi connectivity index (χ3v) is 24.1. The highest BCUT2D eigenvalue weighted by Crippen LogP contribution is 2.39. The van der Waals surface area contributed by atoms with E-state index in [2.05, 4.69) is 26.3 Å². The molecule has 5 N–H and O–H groups in total. The zero-order chi connectivity index (χ0) is 82.1. The summed E-state index contributed by atoms with van der Waals surface area (Å²) in [6, 6.07) is 16.3. The Labute approximate surface area is 662 Å². The molecular weight excluding hydrogens is 1460 g/mol. The van der Waals surface area contributed by atoms with Crippen molar-refractivity contribution in [2.45, 2.75) is 239 Å². The Morgan fingerprint density at radius 2 is 1.40 bits per heavy atom. The van der Waals surface area contributed by atoms with Gasteiger partial charge in [0.2, 0.25) is 35.4 Å². The largest absolute Gasteiger partial charge is 0.494 e. The number of imide groups is 1. The van der Waals surface area contributed by atoms with Gasteiger partial charge in [-0.3, -0.25) is 57.8 Å². The number of aliphatic imine (C=N–C) groups is 1. The predicted molar refractivity (Wildman–Crippen MR) is 426 cm³/mol. The summed E-state index contributed by atoms with van der Waals surface area (Å²) < 4.78 is 23.2. The fraction of sp³-hybridized carbons (Fsp3) is 0.622. The van der Waals surface area contributed by atoms with E-state index in [1.165, 1.54) is 47.6 Å².